The first kappa shape index (κ1) is 22.0. The summed E-state index contributed by atoms with van der Waals surface area (Å²) in [5, 5.41) is 5.70. The van der Waals surface area contributed by atoms with Crippen LogP contribution in [-0.2, 0) is 17.5 Å². The molecule has 1 aromatic carbocycles. The Labute approximate surface area is 162 Å². The van der Waals surface area contributed by atoms with Gasteiger partial charge in [-0.15, -0.1) is 0 Å². The molecule has 0 radical (unpaired) electrons. The normalized spacial score (nSPS) is 18.1. The highest BCUT2D eigenvalue weighted by Gasteiger charge is 2.33. The van der Waals surface area contributed by atoms with Gasteiger partial charge in [0.2, 0.25) is 5.91 Å². The van der Waals surface area contributed by atoms with Crippen molar-refractivity contribution in [1.29, 1.82) is 0 Å². The van der Waals surface area contributed by atoms with Gasteiger partial charge in [0.1, 0.15) is 5.82 Å². The van der Waals surface area contributed by atoms with E-state index in [9.17, 15) is 22.4 Å². The number of hydrogen-bond donors (Lipinski definition) is 2. The zero-order valence-electron chi connectivity index (χ0n) is 16.1. The van der Waals surface area contributed by atoms with Crippen molar-refractivity contribution < 1.29 is 22.4 Å². The minimum atomic E-state index is -4.64. The Morgan fingerprint density at radius 2 is 2.07 bits per heavy atom. The molecule has 1 fully saturated rings. The number of carbonyl (C=O) groups excluding carboxylic acids is 1. The molecule has 0 aromatic heterocycles. The lowest BCUT2D eigenvalue weighted by atomic mass is 10.00. The third kappa shape index (κ3) is 6.38. The molecule has 1 saturated heterocycles. The Kier molecular flexibility index (Phi) is 7.65. The number of carbonyl (C=O) groups is 1. The number of piperidine rings is 1. The predicted octanol–water partition coefficient (Wildman–Crippen LogP) is 3.16. The van der Waals surface area contributed by atoms with Crippen molar-refractivity contribution in [3.63, 3.8) is 0 Å². The topological polar surface area (TPSA) is 56.7 Å². The number of hydrogen-bond acceptors (Lipinski definition) is 2. The zero-order chi connectivity index (χ0) is 20.7. The predicted molar refractivity (Wildman–Crippen MR) is 99.2 cm³/mol. The summed E-state index contributed by atoms with van der Waals surface area (Å²) in [6.07, 6.45) is -2.24. The molecule has 1 heterocycles. The first-order valence-electron chi connectivity index (χ1n) is 9.28. The third-order valence-corrected chi connectivity index (χ3v) is 4.69. The first-order valence-corrected chi connectivity index (χ1v) is 9.28. The average Bonchev–Trinajstić information content (AvgIpc) is 2.64. The van der Waals surface area contributed by atoms with Gasteiger partial charge in [0.15, 0.2) is 5.96 Å². The Morgan fingerprint density at radius 1 is 1.32 bits per heavy atom. The summed E-state index contributed by atoms with van der Waals surface area (Å²) in [7, 11) is 1.48. The molecule has 0 bridgehead atoms. The van der Waals surface area contributed by atoms with E-state index in [1.165, 1.54) is 7.05 Å². The fraction of sp³-hybridized carbons (Fsp3) is 0.579. The Balaban J connectivity index is 1.84. The van der Waals surface area contributed by atoms with E-state index in [-0.39, 0.29) is 30.4 Å². The number of nitrogens with zero attached hydrogens (tertiary/aromatic N) is 2. The van der Waals surface area contributed by atoms with E-state index in [2.05, 4.69) is 22.5 Å². The molecule has 1 aliphatic heterocycles. The van der Waals surface area contributed by atoms with Gasteiger partial charge in [-0.1, -0.05) is 13.0 Å². The molecule has 1 atom stereocenters. The van der Waals surface area contributed by atoms with Gasteiger partial charge >= 0.3 is 6.18 Å². The van der Waals surface area contributed by atoms with Crippen molar-refractivity contribution in [2.75, 3.05) is 26.7 Å². The van der Waals surface area contributed by atoms with E-state index >= 15 is 0 Å². The molecule has 5 nitrogen and oxygen atoms in total. The van der Waals surface area contributed by atoms with Crippen molar-refractivity contribution in [3.05, 3.63) is 35.1 Å². The highest BCUT2D eigenvalue weighted by Crippen LogP contribution is 2.32. The van der Waals surface area contributed by atoms with Gasteiger partial charge < -0.3 is 15.5 Å². The van der Waals surface area contributed by atoms with Crippen molar-refractivity contribution in [1.82, 2.24) is 15.5 Å². The summed E-state index contributed by atoms with van der Waals surface area (Å²) in [4.78, 5) is 18.0. The van der Waals surface area contributed by atoms with Crippen molar-refractivity contribution in [2.24, 2.45) is 10.9 Å². The van der Waals surface area contributed by atoms with Crippen LogP contribution in [0.2, 0.25) is 0 Å². The number of aliphatic imine (C=N–C) groups is 1. The molecule has 0 aliphatic carbocycles. The molecule has 2 N–H and O–H groups in total. The second kappa shape index (κ2) is 9.75. The number of benzene rings is 1. The van der Waals surface area contributed by atoms with Crippen molar-refractivity contribution in [3.8, 4) is 0 Å². The Bertz CT molecular complexity index is 706. The quantitative estimate of drug-likeness (QED) is 0.452. The van der Waals surface area contributed by atoms with E-state index in [0.717, 1.165) is 38.1 Å². The van der Waals surface area contributed by atoms with E-state index in [0.29, 0.717) is 18.5 Å². The summed E-state index contributed by atoms with van der Waals surface area (Å²) in [5.74, 6) is -0.118. The fourth-order valence-corrected chi connectivity index (χ4v) is 3.23. The largest absolute Gasteiger partial charge is 0.416 e. The van der Waals surface area contributed by atoms with Crippen LogP contribution in [0.25, 0.3) is 0 Å². The number of nitrogens with one attached hydrogen (secondary N) is 2. The van der Waals surface area contributed by atoms with Crippen LogP contribution in [-0.4, -0.2) is 43.4 Å². The lowest BCUT2D eigenvalue weighted by molar-refractivity contribution is -0.138. The molecule has 1 amide bonds. The molecule has 1 aliphatic rings. The van der Waals surface area contributed by atoms with Crippen LogP contribution in [0.1, 0.15) is 37.3 Å². The summed E-state index contributed by atoms with van der Waals surface area (Å²) in [6, 6.07) is 2.56. The van der Waals surface area contributed by atoms with Crippen LogP contribution < -0.4 is 10.6 Å². The maximum atomic E-state index is 13.2. The van der Waals surface area contributed by atoms with Gasteiger partial charge in [-0.2, -0.15) is 13.2 Å². The standard InChI is InChI=1S/C19H26F4N4O/c1-13-4-3-9-27(12-13)17(28)7-8-25-18(24-2)26-11-14-5-6-15(20)10-16(14)19(21,22)23/h5-6,10,13H,3-4,7-9,11-12H2,1-2H3,(H2,24,25,26). The second-order valence-corrected chi connectivity index (χ2v) is 6.99. The highest BCUT2D eigenvalue weighted by molar-refractivity contribution is 5.81. The molecular weight excluding hydrogens is 376 g/mol. The van der Waals surface area contributed by atoms with E-state index in [1.807, 2.05) is 4.90 Å². The number of guanidine groups is 1. The summed E-state index contributed by atoms with van der Waals surface area (Å²) >= 11 is 0. The van der Waals surface area contributed by atoms with Crippen LogP contribution in [0.15, 0.2) is 23.2 Å². The first-order chi connectivity index (χ1) is 13.2. The summed E-state index contributed by atoms with van der Waals surface area (Å²) < 4.78 is 52.3. The summed E-state index contributed by atoms with van der Waals surface area (Å²) in [5.41, 5.74) is -1.11. The number of likely N-dealkylation sites (tertiary alicyclic amines) is 1. The average molecular weight is 402 g/mol. The van der Waals surface area contributed by atoms with Gasteiger partial charge in [-0.25, -0.2) is 4.39 Å². The molecule has 1 aromatic rings. The number of alkyl halides is 3. The fourth-order valence-electron chi connectivity index (χ4n) is 3.23. The molecule has 0 saturated carbocycles. The molecule has 156 valence electrons. The lowest BCUT2D eigenvalue weighted by Gasteiger charge is -2.31. The van der Waals surface area contributed by atoms with Gasteiger partial charge in [0, 0.05) is 39.6 Å². The monoisotopic (exact) mass is 402 g/mol. The molecule has 0 spiro atoms. The number of amides is 1. The van der Waals surface area contributed by atoms with E-state index in [1.54, 1.807) is 0 Å². The zero-order valence-corrected chi connectivity index (χ0v) is 16.1. The Hall–Kier alpha value is -2.32. The maximum absolute atomic E-state index is 13.2. The van der Waals surface area contributed by atoms with Crippen LogP contribution >= 0.6 is 0 Å². The number of halogens is 4. The van der Waals surface area contributed by atoms with E-state index in [4.69, 9.17) is 0 Å². The van der Waals surface area contributed by atoms with Crippen LogP contribution in [0.5, 0.6) is 0 Å². The minimum Gasteiger partial charge on any atom is -0.356 e. The highest BCUT2D eigenvalue weighted by atomic mass is 19.4. The van der Waals surface area contributed by atoms with Gasteiger partial charge in [0.05, 0.1) is 5.56 Å². The molecule has 2 rings (SSSR count). The van der Waals surface area contributed by atoms with Crippen LogP contribution in [0.4, 0.5) is 17.6 Å². The SMILES string of the molecule is CN=C(NCCC(=O)N1CCCC(C)C1)NCc1ccc(F)cc1C(F)(F)F. The Morgan fingerprint density at radius 3 is 2.71 bits per heavy atom. The van der Waals surface area contributed by atoms with Gasteiger partial charge in [-0.05, 0) is 36.5 Å². The molecule has 28 heavy (non-hydrogen) atoms. The smallest absolute Gasteiger partial charge is 0.356 e. The number of rotatable bonds is 5. The minimum absolute atomic E-state index is 0.0485. The van der Waals surface area contributed by atoms with Crippen molar-refractivity contribution in [2.45, 2.75) is 38.9 Å². The molecular formula is C19H26F4N4O. The lowest BCUT2D eigenvalue weighted by Crippen LogP contribution is -2.42. The van der Waals surface area contributed by atoms with E-state index < -0.39 is 17.6 Å². The van der Waals surface area contributed by atoms with Crippen LogP contribution in [0.3, 0.4) is 0 Å². The maximum Gasteiger partial charge on any atom is 0.416 e. The third-order valence-electron chi connectivity index (χ3n) is 4.69. The van der Waals surface area contributed by atoms with Crippen molar-refractivity contribution >= 4 is 11.9 Å². The van der Waals surface area contributed by atoms with Gasteiger partial charge in [0.25, 0.3) is 0 Å². The second-order valence-electron chi connectivity index (χ2n) is 6.99. The van der Waals surface area contributed by atoms with Gasteiger partial charge in [-0.3, -0.25) is 9.79 Å². The molecule has 1 unspecified atom stereocenters. The van der Waals surface area contributed by atoms with Crippen LogP contribution in [0, 0.1) is 11.7 Å². The molecule has 9 heteroatoms. The summed E-state index contributed by atoms with van der Waals surface area (Å²) in [6.45, 7) is 3.79.